The molecular weight excluding hydrogens is 262 g/mol. The molecule has 0 fully saturated rings. The number of nitrogens with one attached hydrogen (secondary N) is 1. The topological polar surface area (TPSA) is 55.1 Å². The largest absolute Gasteiger partial charge is 0.355 e. The first kappa shape index (κ1) is 16.6. The van der Waals surface area contributed by atoms with E-state index in [1.165, 1.54) is 6.07 Å². The molecule has 1 rings (SSSR count). The van der Waals surface area contributed by atoms with Crippen molar-refractivity contribution in [2.24, 2.45) is 11.1 Å². The van der Waals surface area contributed by atoms with E-state index in [-0.39, 0.29) is 17.7 Å². The van der Waals surface area contributed by atoms with E-state index < -0.39 is 11.6 Å². The van der Waals surface area contributed by atoms with Gasteiger partial charge in [0.1, 0.15) is 0 Å². The quantitative estimate of drug-likeness (QED) is 0.807. The molecule has 5 heteroatoms. The molecule has 0 aliphatic rings. The minimum Gasteiger partial charge on any atom is -0.355 e. The summed E-state index contributed by atoms with van der Waals surface area (Å²) < 4.78 is 25.8. The smallest absolute Gasteiger partial charge is 0.224 e. The van der Waals surface area contributed by atoms with E-state index in [1.54, 1.807) is 0 Å². The Hall–Kier alpha value is -1.49. The first-order chi connectivity index (χ1) is 9.46. The van der Waals surface area contributed by atoms with Gasteiger partial charge in [-0.3, -0.25) is 4.79 Å². The molecule has 1 aromatic carbocycles. The lowest BCUT2D eigenvalue weighted by atomic mass is 9.82. The molecule has 20 heavy (non-hydrogen) atoms. The average molecular weight is 284 g/mol. The third-order valence-electron chi connectivity index (χ3n) is 3.94. The van der Waals surface area contributed by atoms with Crippen LogP contribution >= 0.6 is 0 Å². The van der Waals surface area contributed by atoms with Crippen LogP contribution in [-0.2, 0) is 11.2 Å². The zero-order valence-electron chi connectivity index (χ0n) is 12.0. The Labute approximate surface area is 118 Å². The Balaban J connectivity index is 2.57. The normalized spacial score (nSPS) is 11.4. The van der Waals surface area contributed by atoms with Gasteiger partial charge < -0.3 is 11.1 Å². The molecule has 0 saturated heterocycles. The Bertz CT molecular complexity index is 451. The first-order valence-electron chi connectivity index (χ1n) is 6.87. The molecule has 0 heterocycles. The van der Waals surface area contributed by atoms with E-state index in [9.17, 15) is 13.6 Å². The summed E-state index contributed by atoms with van der Waals surface area (Å²) in [5, 5.41) is 2.82. The van der Waals surface area contributed by atoms with Crippen molar-refractivity contribution in [2.45, 2.75) is 33.1 Å². The van der Waals surface area contributed by atoms with Crippen molar-refractivity contribution in [3.63, 3.8) is 0 Å². The Kier molecular flexibility index (Phi) is 6.07. The van der Waals surface area contributed by atoms with Gasteiger partial charge in [-0.05, 0) is 42.5 Å². The Morgan fingerprint density at radius 3 is 2.40 bits per heavy atom. The monoisotopic (exact) mass is 284 g/mol. The Morgan fingerprint density at radius 1 is 1.25 bits per heavy atom. The molecule has 112 valence electrons. The lowest BCUT2D eigenvalue weighted by Crippen LogP contribution is -2.42. The highest BCUT2D eigenvalue weighted by Gasteiger charge is 2.24. The van der Waals surface area contributed by atoms with E-state index in [0.717, 1.165) is 25.0 Å². The number of halogens is 2. The highest BCUT2D eigenvalue weighted by molar-refractivity contribution is 5.78. The second kappa shape index (κ2) is 7.33. The van der Waals surface area contributed by atoms with E-state index in [1.807, 2.05) is 13.8 Å². The highest BCUT2D eigenvalue weighted by atomic mass is 19.2. The fraction of sp³-hybridized carbons (Fsp3) is 0.533. The van der Waals surface area contributed by atoms with Crippen LogP contribution in [0.25, 0.3) is 0 Å². The van der Waals surface area contributed by atoms with Gasteiger partial charge in [0.2, 0.25) is 5.91 Å². The third-order valence-corrected chi connectivity index (χ3v) is 3.94. The van der Waals surface area contributed by atoms with E-state index in [2.05, 4.69) is 5.32 Å². The van der Waals surface area contributed by atoms with Crippen LogP contribution in [0, 0.1) is 17.0 Å². The van der Waals surface area contributed by atoms with Gasteiger partial charge in [-0.1, -0.05) is 19.9 Å². The summed E-state index contributed by atoms with van der Waals surface area (Å²) in [6.45, 7) is 5.08. The zero-order valence-corrected chi connectivity index (χ0v) is 12.0. The van der Waals surface area contributed by atoms with Crippen molar-refractivity contribution >= 4 is 5.91 Å². The van der Waals surface area contributed by atoms with Gasteiger partial charge in [-0.15, -0.1) is 0 Å². The lowest BCUT2D eigenvalue weighted by Gasteiger charge is -2.30. The first-order valence-corrected chi connectivity index (χ1v) is 6.87. The summed E-state index contributed by atoms with van der Waals surface area (Å²) in [7, 11) is 0. The van der Waals surface area contributed by atoms with Crippen molar-refractivity contribution < 1.29 is 13.6 Å². The minimum absolute atomic E-state index is 0.0330. The molecule has 0 radical (unpaired) electrons. The molecule has 3 nitrogen and oxygen atoms in total. The van der Waals surface area contributed by atoms with Crippen LogP contribution in [0.5, 0.6) is 0 Å². The molecule has 0 atom stereocenters. The summed E-state index contributed by atoms with van der Waals surface area (Å²) in [6.07, 6.45) is 1.79. The van der Waals surface area contributed by atoms with Crippen LogP contribution in [0.3, 0.4) is 0 Å². The predicted molar refractivity (Wildman–Crippen MR) is 75.1 cm³/mol. The minimum atomic E-state index is -0.936. The summed E-state index contributed by atoms with van der Waals surface area (Å²) >= 11 is 0. The van der Waals surface area contributed by atoms with E-state index in [4.69, 9.17) is 5.73 Å². The van der Waals surface area contributed by atoms with E-state index in [0.29, 0.717) is 18.7 Å². The van der Waals surface area contributed by atoms with Crippen LogP contribution < -0.4 is 11.1 Å². The van der Waals surface area contributed by atoms with Gasteiger partial charge in [-0.2, -0.15) is 0 Å². The van der Waals surface area contributed by atoms with Crippen LogP contribution in [0.15, 0.2) is 18.2 Å². The maximum Gasteiger partial charge on any atom is 0.224 e. The molecule has 3 N–H and O–H groups in total. The molecule has 0 aliphatic heterocycles. The standard InChI is InChI=1S/C15H22F2N2O/c1-3-15(4-2,9-18)10-19-14(20)8-11-5-6-12(16)13(17)7-11/h5-7H,3-4,8-10,18H2,1-2H3,(H,19,20). The van der Waals surface area contributed by atoms with Gasteiger partial charge in [-0.25, -0.2) is 8.78 Å². The molecule has 0 spiro atoms. The van der Waals surface area contributed by atoms with E-state index >= 15 is 0 Å². The number of nitrogens with two attached hydrogens (primary N) is 1. The zero-order chi connectivity index (χ0) is 15.2. The number of amides is 1. The van der Waals surface area contributed by atoms with Crippen LogP contribution in [-0.4, -0.2) is 19.0 Å². The highest BCUT2D eigenvalue weighted by Crippen LogP contribution is 2.23. The van der Waals surface area contributed by atoms with Crippen LogP contribution in [0.1, 0.15) is 32.3 Å². The SMILES string of the molecule is CCC(CC)(CN)CNC(=O)Cc1ccc(F)c(F)c1. The Morgan fingerprint density at radius 2 is 1.90 bits per heavy atom. The van der Waals surface area contributed by atoms with Crippen LogP contribution in [0.2, 0.25) is 0 Å². The second-order valence-electron chi connectivity index (χ2n) is 5.11. The van der Waals surface area contributed by atoms with Gasteiger partial charge in [0.05, 0.1) is 6.42 Å². The number of carbonyl (C=O) groups is 1. The van der Waals surface area contributed by atoms with Gasteiger partial charge in [0.25, 0.3) is 0 Å². The average Bonchev–Trinajstić information content (AvgIpc) is 2.45. The number of hydrogen-bond donors (Lipinski definition) is 2. The fourth-order valence-electron chi connectivity index (χ4n) is 2.04. The third kappa shape index (κ3) is 4.27. The lowest BCUT2D eigenvalue weighted by molar-refractivity contribution is -0.121. The summed E-state index contributed by atoms with van der Waals surface area (Å²) in [4.78, 5) is 11.8. The van der Waals surface area contributed by atoms with Crippen molar-refractivity contribution in [1.82, 2.24) is 5.32 Å². The molecule has 0 aromatic heterocycles. The van der Waals surface area contributed by atoms with Gasteiger partial charge in [0.15, 0.2) is 11.6 Å². The van der Waals surface area contributed by atoms with Gasteiger partial charge >= 0.3 is 0 Å². The molecule has 1 aromatic rings. The summed E-state index contributed by atoms with van der Waals surface area (Å²) in [5.74, 6) is -2.06. The van der Waals surface area contributed by atoms with Crippen molar-refractivity contribution in [3.8, 4) is 0 Å². The number of benzene rings is 1. The van der Waals surface area contributed by atoms with Gasteiger partial charge in [0, 0.05) is 6.54 Å². The maximum absolute atomic E-state index is 13.0. The molecule has 0 aliphatic carbocycles. The number of rotatable bonds is 7. The van der Waals surface area contributed by atoms with Crippen LogP contribution in [0.4, 0.5) is 8.78 Å². The molecule has 1 amide bonds. The predicted octanol–water partition coefficient (Wildman–Crippen LogP) is 2.39. The number of carbonyl (C=O) groups excluding carboxylic acids is 1. The molecule has 0 unspecified atom stereocenters. The van der Waals surface area contributed by atoms with Crippen molar-refractivity contribution in [3.05, 3.63) is 35.4 Å². The molecule has 0 saturated carbocycles. The number of hydrogen-bond acceptors (Lipinski definition) is 2. The van der Waals surface area contributed by atoms with Crippen molar-refractivity contribution in [1.29, 1.82) is 0 Å². The summed E-state index contributed by atoms with van der Waals surface area (Å²) in [5.41, 5.74) is 6.12. The fourth-order valence-corrected chi connectivity index (χ4v) is 2.04. The summed E-state index contributed by atoms with van der Waals surface area (Å²) in [6, 6.07) is 3.48. The van der Waals surface area contributed by atoms with Crippen molar-refractivity contribution in [2.75, 3.05) is 13.1 Å². The second-order valence-corrected chi connectivity index (χ2v) is 5.11. The molecule has 0 bridgehead atoms. The molecular formula is C15H22F2N2O. The maximum atomic E-state index is 13.0.